The number of fused-ring (bicyclic) bond motifs is 1. The van der Waals surface area contributed by atoms with Crippen LogP contribution < -0.4 is 5.73 Å². The minimum atomic E-state index is -5.18. The lowest BCUT2D eigenvalue weighted by molar-refractivity contribution is -0.205. The molecule has 0 aliphatic heterocycles. The van der Waals surface area contributed by atoms with Crippen molar-refractivity contribution in [3.8, 4) is 0 Å². The average molecular weight is 377 g/mol. The molecular weight excluding hydrogens is 361 g/mol. The van der Waals surface area contributed by atoms with Crippen molar-refractivity contribution in [2.24, 2.45) is 5.73 Å². The van der Waals surface area contributed by atoms with Crippen molar-refractivity contribution >= 4 is 16.9 Å². The van der Waals surface area contributed by atoms with Gasteiger partial charge in [0.2, 0.25) is 5.92 Å². The number of ether oxygens (including phenoxy) is 1. The van der Waals surface area contributed by atoms with Crippen molar-refractivity contribution in [3.63, 3.8) is 0 Å². The second-order valence-corrected chi connectivity index (χ2v) is 6.26. The van der Waals surface area contributed by atoms with E-state index in [9.17, 15) is 26.7 Å². The van der Waals surface area contributed by atoms with Gasteiger partial charge in [-0.15, -0.1) is 0 Å². The lowest BCUT2D eigenvalue weighted by Crippen LogP contribution is -2.30. The fraction of sp³-hybridized carbons (Fsp3) is 0.500. The Kier molecular flexibility index (Phi) is 4.63. The Hall–Kier alpha value is -2.23. The van der Waals surface area contributed by atoms with Crippen molar-refractivity contribution < 1.29 is 31.5 Å². The summed E-state index contributed by atoms with van der Waals surface area (Å²) in [4.78, 5) is 11.0. The first-order chi connectivity index (χ1) is 12.1. The zero-order valence-corrected chi connectivity index (χ0v) is 13.5. The number of hydrogen-bond acceptors (Lipinski definition) is 4. The Balaban J connectivity index is 1.92. The van der Waals surface area contributed by atoms with Crippen LogP contribution in [-0.2, 0) is 9.53 Å². The van der Waals surface area contributed by atoms with Crippen LogP contribution >= 0.6 is 0 Å². The van der Waals surface area contributed by atoms with E-state index in [4.69, 9.17) is 5.73 Å². The second-order valence-electron chi connectivity index (χ2n) is 6.26. The largest absolute Gasteiger partial charge is 0.490 e. The van der Waals surface area contributed by atoms with Gasteiger partial charge in [-0.3, -0.25) is 10.4 Å². The number of para-hydroxylation sites is 1. The molecule has 0 radical (unpaired) electrons. The Bertz CT molecular complexity index is 808. The maximum absolute atomic E-state index is 13.4. The predicted octanol–water partition coefficient (Wildman–Crippen LogP) is 3.85. The van der Waals surface area contributed by atoms with E-state index in [-0.39, 0.29) is 37.4 Å². The number of aromatic nitrogens is 2. The van der Waals surface area contributed by atoms with Gasteiger partial charge in [0, 0.05) is 18.2 Å². The Morgan fingerprint density at radius 3 is 2.50 bits per heavy atom. The number of hydrogen-bond donors (Lipinski definition) is 1. The number of esters is 1. The van der Waals surface area contributed by atoms with Crippen molar-refractivity contribution in [3.05, 3.63) is 30.0 Å². The van der Waals surface area contributed by atoms with Crippen LogP contribution in [0.2, 0.25) is 0 Å². The minimum Gasteiger partial charge on any atom is -0.434 e. The van der Waals surface area contributed by atoms with E-state index in [2.05, 4.69) is 9.84 Å². The third-order valence-electron chi connectivity index (χ3n) is 4.41. The standard InChI is InChI=1S/C16H16F5N3O2/c17-15(18)7-5-9(6-8-15)24-11-4-2-1-3-10(11)12(23-24)13(22)26-14(25)16(19,20)21/h1-4,9,13H,5-8,22H2. The average Bonchev–Trinajstić information content (AvgIpc) is 2.94. The first kappa shape index (κ1) is 18.6. The van der Waals surface area contributed by atoms with Gasteiger partial charge in [-0.05, 0) is 18.9 Å². The van der Waals surface area contributed by atoms with E-state index in [1.54, 1.807) is 24.3 Å². The molecule has 2 N–H and O–H groups in total. The minimum absolute atomic E-state index is 0.0458. The molecule has 1 atom stereocenters. The van der Waals surface area contributed by atoms with Crippen LogP contribution in [0.15, 0.2) is 24.3 Å². The van der Waals surface area contributed by atoms with Crippen LogP contribution in [-0.4, -0.2) is 27.8 Å². The van der Waals surface area contributed by atoms with E-state index < -0.39 is 24.3 Å². The SMILES string of the molecule is NC(OC(=O)C(F)(F)F)c1nn(C2CCC(F)(F)CC2)c2ccccc12. The summed E-state index contributed by atoms with van der Waals surface area (Å²) in [6.45, 7) is 0. The Morgan fingerprint density at radius 2 is 1.88 bits per heavy atom. The fourth-order valence-corrected chi connectivity index (χ4v) is 3.11. The highest BCUT2D eigenvalue weighted by atomic mass is 19.4. The monoisotopic (exact) mass is 377 g/mol. The first-order valence-corrected chi connectivity index (χ1v) is 7.97. The van der Waals surface area contributed by atoms with Gasteiger partial charge in [-0.2, -0.15) is 18.3 Å². The highest BCUT2D eigenvalue weighted by molar-refractivity contribution is 5.83. The molecule has 3 rings (SSSR count). The van der Waals surface area contributed by atoms with Crippen molar-refractivity contribution in [1.82, 2.24) is 9.78 Å². The predicted molar refractivity (Wildman–Crippen MR) is 81.3 cm³/mol. The number of carbonyl (C=O) groups is 1. The lowest BCUT2D eigenvalue weighted by Gasteiger charge is -2.28. The molecule has 0 saturated heterocycles. The van der Waals surface area contributed by atoms with Crippen LogP contribution in [0.25, 0.3) is 10.9 Å². The molecule has 0 bridgehead atoms. The summed E-state index contributed by atoms with van der Waals surface area (Å²) < 4.78 is 69.7. The lowest BCUT2D eigenvalue weighted by atomic mass is 9.92. The number of nitrogens with zero attached hydrogens (tertiary/aromatic N) is 2. The molecule has 1 heterocycles. The second kappa shape index (κ2) is 6.49. The van der Waals surface area contributed by atoms with Crippen molar-refractivity contribution in [2.75, 3.05) is 0 Å². The molecule has 1 aromatic heterocycles. The maximum atomic E-state index is 13.4. The van der Waals surface area contributed by atoms with Gasteiger partial charge in [0.15, 0.2) is 6.23 Å². The smallest absolute Gasteiger partial charge is 0.434 e. The van der Waals surface area contributed by atoms with Gasteiger partial charge in [0.1, 0.15) is 5.69 Å². The fourth-order valence-electron chi connectivity index (χ4n) is 3.11. The Morgan fingerprint density at radius 1 is 1.27 bits per heavy atom. The third-order valence-corrected chi connectivity index (χ3v) is 4.41. The van der Waals surface area contributed by atoms with Crippen LogP contribution in [0.5, 0.6) is 0 Å². The first-order valence-electron chi connectivity index (χ1n) is 7.97. The van der Waals surface area contributed by atoms with Crippen LogP contribution in [0.1, 0.15) is 43.6 Å². The van der Waals surface area contributed by atoms with Gasteiger partial charge in [-0.25, -0.2) is 13.6 Å². The number of alkyl halides is 5. The number of benzene rings is 1. The van der Waals surface area contributed by atoms with Crippen molar-refractivity contribution in [2.45, 2.75) is 50.1 Å². The summed E-state index contributed by atoms with van der Waals surface area (Å²) in [6, 6.07) is 6.22. The quantitative estimate of drug-likeness (QED) is 0.501. The molecule has 1 unspecified atom stereocenters. The topological polar surface area (TPSA) is 70.1 Å². The van der Waals surface area contributed by atoms with E-state index in [0.717, 1.165) is 0 Å². The van der Waals surface area contributed by atoms with E-state index in [1.807, 2.05) is 0 Å². The summed E-state index contributed by atoms with van der Waals surface area (Å²) in [5.41, 5.74) is 6.10. The highest BCUT2D eigenvalue weighted by Crippen LogP contribution is 2.40. The molecule has 1 aliphatic carbocycles. The van der Waals surface area contributed by atoms with Gasteiger partial charge in [0.25, 0.3) is 0 Å². The number of nitrogens with two attached hydrogens (primary N) is 1. The number of rotatable bonds is 3. The van der Waals surface area contributed by atoms with E-state index >= 15 is 0 Å². The molecule has 26 heavy (non-hydrogen) atoms. The van der Waals surface area contributed by atoms with Crippen LogP contribution in [0, 0.1) is 0 Å². The van der Waals surface area contributed by atoms with Crippen LogP contribution in [0.4, 0.5) is 22.0 Å². The summed E-state index contributed by atoms with van der Waals surface area (Å²) in [5.74, 6) is -5.14. The third kappa shape index (κ3) is 3.64. The molecule has 142 valence electrons. The summed E-state index contributed by atoms with van der Waals surface area (Å²) in [5, 5.41) is 4.61. The van der Waals surface area contributed by atoms with Crippen LogP contribution in [0.3, 0.4) is 0 Å². The van der Waals surface area contributed by atoms with Crippen molar-refractivity contribution in [1.29, 1.82) is 0 Å². The Labute approximate surface area is 144 Å². The molecule has 1 fully saturated rings. The highest BCUT2D eigenvalue weighted by Gasteiger charge is 2.43. The molecule has 1 aliphatic rings. The number of carbonyl (C=O) groups excluding carboxylic acids is 1. The maximum Gasteiger partial charge on any atom is 0.490 e. The summed E-state index contributed by atoms with van der Waals surface area (Å²) in [7, 11) is 0. The molecule has 5 nitrogen and oxygen atoms in total. The molecule has 2 aromatic rings. The zero-order valence-electron chi connectivity index (χ0n) is 13.5. The zero-order chi connectivity index (χ0) is 19.1. The summed E-state index contributed by atoms with van der Waals surface area (Å²) >= 11 is 0. The van der Waals surface area contributed by atoms with Gasteiger partial charge < -0.3 is 4.74 Å². The number of halogens is 5. The molecular formula is C16H16F5N3O2. The van der Waals surface area contributed by atoms with E-state index in [1.165, 1.54) is 4.68 Å². The van der Waals surface area contributed by atoms with E-state index in [0.29, 0.717) is 10.9 Å². The molecule has 10 heteroatoms. The normalized spacial score (nSPS) is 19.5. The molecule has 1 saturated carbocycles. The summed E-state index contributed by atoms with van der Waals surface area (Å²) in [6.07, 6.45) is -7.14. The molecule has 0 spiro atoms. The molecule has 0 amide bonds. The molecule has 1 aromatic carbocycles. The van der Waals surface area contributed by atoms with Gasteiger partial charge in [-0.1, -0.05) is 18.2 Å². The van der Waals surface area contributed by atoms with Gasteiger partial charge in [0.05, 0.1) is 11.6 Å². The van der Waals surface area contributed by atoms with Gasteiger partial charge >= 0.3 is 12.1 Å².